The highest BCUT2D eigenvalue weighted by atomic mass is 16.1. The summed E-state index contributed by atoms with van der Waals surface area (Å²) < 4.78 is 0. The summed E-state index contributed by atoms with van der Waals surface area (Å²) in [7, 11) is 0. The van der Waals surface area contributed by atoms with Gasteiger partial charge in [0, 0.05) is 18.0 Å². The Morgan fingerprint density at radius 2 is 1.62 bits per heavy atom. The van der Waals surface area contributed by atoms with Crippen LogP contribution in [0.15, 0.2) is 48.5 Å². The van der Waals surface area contributed by atoms with Crippen LogP contribution in [0.25, 0.3) is 11.1 Å². The van der Waals surface area contributed by atoms with E-state index in [0.29, 0.717) is 5.56 Å². The maximum absolute atomic E-state index is 11.1. The number of rotatable bonds is 5. The summed E-state index contributed by atoms with van der Waals surface area (Å²) in [5.41, 5.74) is 19.5. The van der Waals surface area contributed by atoms with Crippen molar-refractivity contribution in [3.63, 3.8) is 0 Å². The van der Waals surface area contributed by atoms with Gasteiger partial charge in [0.15, 0.2) is 0 Å². The number of carbonyl (C=O) groups is 2. The summed E-state index contributed by atoms with van der Waals surface area (Å²) in [6.07, 6.45) is 0.101. The van der Waals surface area contributed by atoms with E-state index in [4.69, 9.17) is 17.2 Å². The van der Waals surface area contributed by atoms with Crippen LogP contribution in [-0.4, -0.2) is 11.8 Å². The Hall–Kier alpha value is -2.66. The van der Waals surface area contributed by atoms with E-state index >= 15 is 0 Å². The molecule has 0 spiro atoms. The van der Waals surface area contributed by atoms with Gasteiger partial charge >= 0.3 is 0 Å². The molecule has 2 aromatic carbocycles. The molecule has 0 aromatic heterocycles. The summed E-state index contributed by atoms with van der Waals surface area (Å²) in [6, 6.07) is 14.1. The van der Waals surface area contributed by atoms with Gasteiger partial charge in [-0.2, -0.15) is 0 Å². The van der Waals surface area contributed by atoms with Gasteiger partial charge in [-0.1, -0.05) is 30.3 Å². The van der Waals surface area contributed by atoms with Crippen molar-refractivity contribution in [1.82, 2.24) is 0 Å². The van der Waals surface area contributed by atoms with Crippen molar-refractivity contribution in [3.05, 3.63) is 59.7 Å². The zero-order chi connectivity index (χ0) is 15.4. The van der Waals surface area contributed by atoms with Gasteiger partial charge in [-0.05, 0) is 34.9 Å². The molecule has 21 heavy (non-hydrogen) atoms. The Morgan fingerprint density at radius 1 is 0.952 bits per heavy atom. The molecule has 6 N–H and O–H groups in total. The predicted octanol–water partition coefficient (Wildman–Crippen LogP) is 1.33. The van der Waals surface area contributed by atoms with Crippen molar-refractivity contribution in [2.24, 2.45) is 17.2 Å². The normalized spacial score (nSPS) is 11.9. The predicted molar refractivity (Wildman–Crippen MR) is 81.1 cm³/mol. The smallest absolute Gasteiger partial charge is 0.248 e. The van der Waals surface area contributed by atoms with Crippen LogP contribution in [0.1, 0.15) is 28.4 Å². The average Bonchev–Trinajstić information content (AvgIpc) is 2.47. The van der Waals surface area contributed by atoms with E-state index in [0.717, 1.165) is 16.7 Å². The van der Waals surface area contributed by atoms with Crippen molar-refractivity contribution in [2.75, 3.05) is 0 Å². The molecule has 1 atom stereocenters. The number of carbonyl (C=O) groups excluding carboxylic acids is 2. The van der Waals surface area contributed by atoms with Crippen molar-refractivity contribution in [2.45, 2.75) is 12.5 Å². The number of benzene rings is 2. The third-order valence-corrected chi connectivity index (χ3v) is 3.24. The molecule has 0 aliphatic carbocycles. The minimum absolute atomic E-state index is 0.101. The Kier molecular flexibility index (Phi) is 4.35. The maximum Gasteiger partial charge on any atom is 0.248 e. The highest BCUT2D eigenvalue weighted by Crippen LogP contribution is 2.24. The fourth-order valence-corrected chi connectivity index (χ4v) is 2.11. The Labute approximate surface area is 122 Å². The van der Waals surface area contributed by atoms with Crippen LogP contribution in [0, 0.1) is 0 Å². The van der Waals surface area contributed by atoms with Crippen LogP contribution in [0.4, 0.5) is 0 Å². The molecule has 0 heterocycles. The zero-order valence-electron chi connectivity index (χ0n) is 11.5. The van der Waals surface area contributed by atoms with Crippen molar-refractivity contribution < 1.29 is 9.59 Å². The van der Waals surface area contributed by atoms with Crippen LogP contribution in [-0.2, 0) is 4.79 Å². The molecule has 2 amide bonds. The van der Waals surface area contributed by atoms with Crippen LogP contribution in [0.2, 0.25) is 0 Å². The molecule has 0 bridgehead atoms. The van der Waals surface area contributed by atoms with Gasteiger partial charge in [0.1, 0.15) is 0 Å². The van der Waals surface area contributed by atoms with Gasteiger partial charge in [0.05, 0.1) is 0 Å². The Balaban J connectivity index is 2.28. The molecule has 0 radical (unpaired) electrons. The zero-order valence-corrected chi connectivity index (χ0v) is 11.5. The topological polar surface area (TPSA) is 112 Å². The van der Waals surface area contributed by atoms with E-state index < -0.39 is 17.9 Å². The fourth-order valence-electron chi connectivity index (χ4n) is 2.11. The number of primary amides is 2. The van der Waals surface area contributed by atoms with E-state index in [1.165, 1.54) is 0 Å². The molecule has 2 rings (SSSR count). The lowest BCUT2D eigenvalue weighted by atomic mass is 9.97. The number of hydrogen-bond donors (Lipinski definition) is 3. The molecule has 0 aliphatic rings. The molecular formula is C16H17N3O2. The highest BCUT2D eigenvalue weighted by molar-refractivity contribution is 5.93. The number of hydrogen-bond acceptors (Lipinski definition) is 3. The lowest BCUT2D eigenvalue weighted by Gasteiger charge is -2.12. The van der Waals surface area contributed by atoms with Crippen molar-refractivity contribution in [3.8, 4) is 11.1 Å². The summed E-state index contributed by atoms with van der Waals surface area (Å²) in [5, 5.41) is 0. The number of amides is 2. The van der Waals surface area contributed by atoms with Gasteiger partial charge < -0.3 is 17.2 Å². The largest absolute Gasteiger partial charge is 0.370 e. The molecule has 0 aliphatic heterocycles. The summed E-state index contributed by atoms with van der Waals surface area (Å²) >= 11 is 0. The van der Waals surface area contributed by atoms with Crippen LogP contribution in [0.5, 0.6) is 0 Å². The maximum atomic E-state index is 11.1. The fraction of sp³-hybridized carbons (Fsp3) is 0.125. The molecule has 0 saturated heterocycles. The second-order valence-electron chi connectivity index (χ2n) is 4.84. The molecule has 0 fully saturated rings. The first-order chi connectivity index (χ1) is 9.97. The van der Waals surface area contributed by atoms with Gasteiger partial charge in [-0.3, -0.25) is 9.59 Å². The van der Waals surface area contributed by atoms with Crippen molar-refractivity contribution >= 4 is 11.8 Å². The average molecular weight is 283 g/mol. The lowest BCUT2D eigenvalue weighted by Crippen LogP contribution is -2.20. The van der Waals surface area contributed by atoms with Gasteiger partial charge in [-0.25, -0.2) is 0 Å². The molecule has 2 aromatic rings. The first-order valence-electron chi connectivity index (χ1n) is 6.51. The van der Waals surface area contributed by atoms with E-state index in [1.807, 2.05) is 36.4 Å². The van der Waals surface area contributed by atoms with E-state index in [1.54, 1.807) is 12.1 Å². The van der Waals surface area contributed by atoms with Gasteiger partial charge in [0.2, 0.25) is 11.8 Å². The molecule has 108 valence electrons. The lowest BCUT2D eigenvalue weighted by molar-refractivity contribution is -0.118. The standard InChI is InChI=1S/C16H17N3O2/c17-14(9-15(18)20)13-3-1-2-12(8-13)10-4-6-11(7-5-10)16(19)21/h1-8,14H,9,17H2,(H2,18,20)(H2,19,21). The van der Waals surface area contributed by atoms with Gasteiger partial charge in [0.25, 0.3) is 0 Å². The second-order valence-corrected chi connectivity index (χ2v) is 4.84. The summed E-state index contributed by atoms with van der Waals surface area (Å²) in [6.45, 7) is 0. The highest BCUT2D eigenvalue weighted by Gasteiger charge is 2.10. The molecule has 1 unspecified atom stereocenters. The van der Waals surface area contributed by atoms with Gasteiger partial charge in [-0.15, -0.1) is 0 Å². The quantitative estimate of drug-likeness (QED) is 0.769. The monoisotopic (exact) mass is 283 g/mol. The van der Waals surface area contributed by atoms with E-state index in [-0.39, 0.29) is 6.42 Å². The summed E-state index contributed by atoms with van der Waals surface area (Å²) in [4.78, 5) is 22.0. The third kappa shape index (κ3) is 3.67. The molecular weight excluding hydrogens is 266 g/mol. The number of nitrogens with two attached hydrogens (primary N) is 3. The Morgan fingerprint density at radius 3 is 2.19 bits per heavy atom. The summed E-state index contributed by atoms with van der Waals surface area (Å²) in [5.74, 6) is -0.891. The second kappa shape index (κ2) is 6.19. The van der Waals surface area contributed by atoms with E-state index in [2.05, 4.69) is 0 Å². The van der Waals surface area contributed by atoms with Crippen LogP contribution < -0.4 is 17.2 Å². The first kappa shape index (κ1) is 14.7. The van der Waals surface area contributed by atoms with Crippen LogP contribution >= 0.6 is 0 Å². The minimum Gasteiger partial charge on any atom is -0.370 e. The molecule has 5 heteroatoms. The minimum atomic E-state index is -0.459. The first-order valence-corrected chi connectivity index (χ1v) is 6.51. The van der Waals surface area contributed by atoms with Crippen LogP contribution in [0.3, 0.4) is 0 Å². The molecule has 0 saturated carbocycles. The molecule has 5 nitrogen and oxygen atoms in total. The van der Waals surface area contributed by atoms with E-state index in [9.17, 15) is 9.59 Å². The van der Waals surface area contributed by atoms with Crippen molar-refractivity contribution in [1.29, 1.82) is 0 Å². The Bertz CT molecular complexity index is 665. The SMILES string of the molecule is NC(=O)CC(N)c1cccc(-c2ccc(C(N)=O)cc2)c1. The third-order valence-electron chi connectivity index (χ3n) is 3.24.